The van der Waals surface area contributed by atoms with E-state index in [1.165, 1.54) is 0 Å². The van der Waals surface area contributed by atoms with Gasteiger partial charge in [0.15, 0.2) is 0 Å². The van der Waals surface area contributed by atoms with E-state index < -0.39 is 5.97 Å². The van der Waals surface area contributed by atoms with E-state index in [1.54, 1.807) is 6.33 Å². The number of nitrogens with one attached hydrogen (secondary N) is 1. The van der Waals surface area contributed by atoms with E-state index >= 15 is 0 Å². The fraction of sp³-hybridized carbons (Fsp3) is 0.750. The van der Waals surface area contributed by atoms with Crippen LogP contribution in [0.1, 0.15) is 38.4 Å². The van der Waals surface area contributed by atoms with Crippen LogP contribution >= 0.6 is 0 Å². The second-order valence-electron chi connectivity index (χ2n) is 4.81. The minimum atomic E-state index is -0.668. The summed E-state index contributed by atoms with van der Waals surface area (Å²) in [6, 6.07) is 0.279. The molecule has 18 heavy (non-hydrogen) atoms. The van der Waals surface area contributed by atoms with Crippen LogP contribution in [0.25, 0.3) is 0 Å². The van der Waals surface area contributed by atoms with Crippen LogP contribution in [0.4, 0.5) is 0 Å². The van der Waals surface area contributed by atoms with Crippen molar-refractivity contribution in [3.05, 3.63) is 12.2 Å². The predicted octanol–water partition coefficient (Wildman–Crippen LogP) is 1.03. The number of nitrogens with zero attached hydrogens (tertiary/aromatic N) is 3. The molecule has 0 radical (unpaired) electrons. The molecule has 100 valence electrons. The van der Waals surface area contributed by atoms with Gasteiger partial charge < -0.3 is 15.0 Å². The molecular weight excluding hydrogens is 232 g/mol. The van der Waals surface area contributed by atoms with Gasteiger partial charge in [0.25, 0.3) is 0 Å². The van der Waals surface area contributed by atoms with E-state index in [1.807, 2.05) is 11.5 Å². The quantitative estimate of drug-likeness (QED) is 0.818. The average Bonchev–Trinajstić information content (AvgIpc) is 2.84. The third-order valence-corrected chi connectivity index (χ3v) is 3.61. The zero-order valence-electron chi connectivity index (χ0n) is 10.7. The van der Waals surface area contributed by atoms with Crippen molar-refractivity contribution in [2.24, 2.45) is 5.92 Å². The summed E-state index contributed by atoms with van der Waals surface area (Å²) in [6.45, 7) is 3.56. The monoisotopic (exact) mass is 252 g/mol. The number of aliphatic carboxylic acids is 1. The maximum Gasteiger partial charge on any atom is 0.306 e. The highest BCUT2D eigenvalue weighted by molar-refractivity contribution is 5.70. The Kier molecular flexibility index (Phi) is 4.30. The zero-order valence-corrected chi connectivity index (χ0v) is 10.7. The van der Waals surface area contributed by atoms with Gasteiger partial charge in [-0.2, -0.15) is 0 Å². The summed E-state index contributed by atoms with van der Waals surface area (Å²) < 4.78 is 1.99. The van der Waals surface area contributed by atoms with Crippen LogP contribution in [0.3, 0.4) is 0 Å². The molecule has 1 aromatic rings. The molecule has 2 unspecified atom stereocenters. The maximum absolute atomic E-state index is 11.0. The SMILES string of the molecule is CCn1cnnc1CNC1CCCC(C(=O)O)C1. The number of hydrogen-bond donors (Lipinski definition) is 2. The first-order valence-corrected chi connectivity index (χ1v) is 6.53. The number of aromatic nitrogens is 3. The Morgan fingerprint density at radius 2 is 2.44 bits per heavy atom. The molecule has 1 saturated carbocycles. The van der Waals surface area contributed by atoms with Crippen LogP contribution in [-0.2, 0) is 17.9 Å². The van der Waals surface area contributed by atoms with Crippen LogP contribution in [0.2, 0.25) is 0 Å². The first kappa shape index (κ1) is 13.0. The highest BCUT2D eigenvalue weighted by Gasteiger charge is 2.26. The zero-order chi connectivity index (χ0) is 13.0. The Labute approximate surface area is 106 Å². The van der Waals surface area contributed by atoms with Gasteiger partial charge in [-0.3, -0.25) is 4.79 Å². The Balaban J connectivity index is 1.85. The Morgan fingerprint density at radius 3 is 3.17 bits per heavy atom. The largest absolute Gasteiger partial charge is 0.481 e. The standard InChI is InChI=1S/C12H20N4O2/c1-2-16-8-14-15-11(16)7-13-10-5-3-4-9(6-10)12(17)18/h8-10,13H,2-7H2,1H3,(H,17,18). The van der Waals surface area contributed by atoms with E-state index in [9.17, 15) is 4.79 Å². The van der Waals surface area contributed by atoms with Crippen molar-refractivity contribution in [1.29, 1.82) is 0 Å². The van der Waals surface area contributed by atoms with E-state index in [2.05, 4.69) is 15.5 Å². The number of carboxylic acid groups (broad SMARTS) is 1. The fourth-order valence-corrected chi connectivity index (χ4v) is 2.52. The summed E-state index contributed by atoms with van der Waals surface area (Å²) in [7, 11) is 0. The Morgan fingerprint density at radius 1 is 1.61 bits per heavy atom. The third-order valence-electron chi connectivity index (χ3n) is 3.61. The van der Waals surface area contributed by atoms with Gasteiger partial charge in [-0.25, -0.2) is 0 Å². The van der Waals surface area contributed by atoms with Crippen LogP contribution < -0.4 is 5.32 Å². The fourth-order valence-electron chi connectivity index (χ4n) is 2.52. The minimum Gasteiger partial charge on any atom is -0.481 e. The highest BCUT2D eigenvalue weighted by atomic mass is 16.4. The number of carboxylic acids is 1. The van der Waals surface area contributed by atoms with Gasteiger partial charge in [-0.1, -0.05) is 6.42 Å². The number of hydrogen-bond acceptors (Lipinski definition) is 4. The van der Waals surface area contributed by atoms with Gasteiger partial charge in [0.2, 0.25) is 0 Å². The molecule has 1 aromatic heterocycles. The van der Waals surface area contributed by atoms with Gasteiger partial charge in [0.05, 0.1) is 12.5 Å². The first-order valence-electron chi connectivity index (χ1n) is 6.53. The van der Waals surface area contributed by atoms with E-state index in [4.69, 9.17) is 5.11 Å². The average molecular weight is 252 g/mol. The lowest BCUT2D eigenvalue weighted by atomic mass is 9.86. The van der Waals surface area contributed by atoms with Crippen LogP contribution in [-0.4, -0.2) is 31.9 Å². The van der Waals surface area contributed by atoms with Crippen molar-refractivity contribution in [2.75, 3.05) is 0 Å². The van der Waals surface area contributed by atoms with Gasteiger partial charge in [0, 0.05) is 12.6 Å². The molecule has 0 aromatic carbocycles. The van der Waals surface area contributed by atoms with Crippen LogP contribution in [0.15, 0.2) is 6.33 Å². The molecule has 1 heterocycles. The van der Waals surface area contributed by atoms with Crippen LogP contribution in [0, 0.1) is 5.92 Å². The molecular formula is C12H20N4O2. The summed E-state index contributed by atoms with van der Waals surface area (Å²) in [5.41, 5.74) is 0. The summed E-state index contributed by atoms with van der Waals surface area (Å²) in [6.07, 6.45) is 5.27. The Hall–Kier alpha value is -1.43. The molecule has 2 N–H and O–H groups in total. The predicted molar refractivity (Wildman–Crippen MR) is 65.9 cm³/mol. The van der Waals surface area contributed by atoms with Crippen molar-refractivity contribution in [3.63, 3.8) is 0 Å². The lowest BCUT2D eigenvalue weighted by Crippen LogP contribution is -2.36. The van der Waals surface area contributed by atoms with Gasteiger partial charge in [-0.05, 0) is 26.2 Å². The molecule has 1 aliphatic carbocycles. The lowest BCUT2D eigenvalue weighted by Gasteiger charge is -2.27. The van der Waals surface area contributed by atoms with Crippen molar-refractivity contribution in [2.45, 2.75) is 51.7 Å². The first-order chi connectivity index (χ1) is 8.70. The topological polar surface area (TPSA) is 80.0 Å². The molecule has 0 spiro atoms. The summed E-state index contributed by atoms with van der Waals surface area (Å²) in [4.78, 5) is 11.0. The molecule has 0 amide bonds. The normalized spacial score (nSPS) is 24.1. The smallest absolute Gasteiger partial charge is 0.306 e. The second-order valence-corrected chi connectivity index (χ2v) is 4.81. The second kappa shape index (κ2) is 5.95. The number of aryl methyl sites for hydroxylation is 1. The van der Waals surface area contributed by atoms with E-state index in [-0.39, 0.29) is 12.0 Å². The van der Waals surface area contributed by atoms with Gasteiger partial charge >= 0.3 is 5.97 Å². The minimum absolute atomic E-state index is 0.194. The van der Waals surface area contributed by atoms with Crippen LogP contribution in [0.5, 0.6) is 0 Å². The summed E-state index contributed by atoms with van der Waals surface area (Å²) in [5, 5.41) is 20.4. The molecule has 0 saturated heterocycles. The summed E-state index contributed by atoms with van der Waals surface area (Å²) >= 11 is 0. The highest BCUT2D eigenvalue weighted by Crippen LogP contribution is 2.24. The summed E-state index contributed by atoms with van der Waals surface area (Å²) in [5.74, 6) is 0.0495. The molecule has 2 atom stereocenters. The number of rotatable bonds is 5. The van der Waals surface area contributed by atoms with Gasteiger partial charge in [-0.15, -0.1) is 10.2 Å². The molecule has 6 heteroatoms. The number of carbonyl (C=O) groups is 1. The Bertz CT molecular complexity index is 405. The molecule has 1 fully saturated rings. The maximum atomic E-state index is 11.0. The molecule has 1 aliphatic rings. The van der Waals surface area contributed by atoms with Gasteiger partial charge in [0.1, 0.15) is 12.2 Å². The van der Waals surface area contributed by atoms with E-state index in [0.29, 0.717) is 6.54 Å². The molecule has 2 rings (SSSR count). The lowest BCUT2D eigenvalue weighted by molar-refractivity contribution is -0.143. The van der Waals surface area contributed by atoms with Crippen molar-refractivity contribution >= 4 is 5.97 Å². The van der Waals surface area contributed by atoms with E-state index in [0.717, 1.165) is 38.1 Å². The molecule has 0 bridgehead atoms. The van der Waals surface area contributed by atoms with Crippen molar-refractivity contribution < 1.29 is 9.90 Å². The van der Waals surface area contributed by atoms with Crippen molar-refractivity contribution in [1.82, 2.24) is 20.1 Å². The molecule has 6 nitrogen and oxygen atoms in total. The third kappa shape index (κ3) is 3.07. The van der Waals surface area contributed by atoms with Crippen molar-refractivity contribution in [3.8, 4) is 0 Å². The molecule has 0 aliphatic heterocycles.